The Morgan fingerprint density at radius 3 is 2.68 bits per heavy atom. The van der Waals surface area contributed by atoms with Crippen molar-refractivity contribution < 1.29 is 0 Å². The van der Waals surface area contributed by atoms with Crippen LogP contribution in [0.25, 0.3) is 0 Å². The standard InChI is InChI=1S/C21H22BrClN2/c22-18-9-5-7-16-13-21(10-2-1-3-11-21)20(25-19(16)18)24-14-15-6-4-8-17(23)12-15/h4-9,12H,1-3,10-11,13-14H2,(H,24,25). The molecular weight excluding hydrogens is 396 g/mol. The monoisotopic (exact) mass is 416 g/mol. The van der Waals surface area contributed by atoms with Gasteiger partial charge in [0.25, 0.3) is 0 Å². The van der Waals surface area contributed by atoms with E-state index >= 15 is 0 Å². The zero-order valence-corrected chi connectivity index (χ0v) is 16.5. The van der Waals surface area contributed by atoms with Gasteiger partial charge in [-0.05, 0) is 64.5 Å². The average molecular weight is 418 g/mol. The Labute approximate surface area is 162 Å². The first-order valence-electron chi connectivity index (χ1n) is 9.00. The molecule has 0 bridgehead atoms. The number of nitrogens with one attached hydrogen (secondary N) is 1. The lowest BCUT2D eigenvalue weighted by molar-refractivity contribution is 0.278. The highest BCUT2D eigenvalue weighted by molar-refractivity contribution is 9.10. The molecule has 2 aromatic carbocycles. The number of hydrogen-bond acceptors (Lipinski definition) is 1. The third-order valence-corrected chi connectivity index (χ3v) is 6.39. The summed E-state index contributed by atoms with van der Waals surface area (Å²) < 4.78 is 1.12. The minimum absolute atomic E-state index is 0.171. The Bertz CT molecular complexity index is 809. The Morgan fingerprint density at radius 2 is 1.88 bits per heavy atom. The molecule has 1 spiro atoms. The summed E-state index contributed by atoms with van der Waals surface area (Å²) in [6.07, 6.45) is 7.46. The lowest BCUT2D eigenvalue weighted by atomic mass is 9.67. The first-order valence-corrected chi connectivity index (χ1v) is 10.2. The SMILES string of the molecule is Clc1cccc(CN=C2Nc3c(Br)cccc3CC23CCCCC3)c1. The number of benzene rings is 2. The van der Waals surface area contributed by atoms with Gasteiger partial charge in [-0.15, -0.1) is 0 Å². The average Bonchev–Trinajstić information content (AvgIpc) is 2.61. The van der Waals surface area contributed by atoms with Gasteiger partial charge in [0.1, 0.15) is 5.84 Å². The van der Waals surface area contributed by atoms with Crippen LogP contribution in [0, 0.1) is 5.41 Å². The van der Waals surface area contributed by atoms with Gasteiger partial charge in [-0.25, -0.2) is 0 Å². The van der Waals surface area contributed by atoms with Crippen LogP contribution in [0.1, 0.15) is 43.2 Å². The number of para-hydroxylation sites is 1. The third-order valence-electron chi connectivity index (χ3n) is 5.49. The van der Waals surface area contributed by atoms with Crippen LogP contribution in [0.15, 0.2) is 51.9 Å². The molecule has 0 saturated heterocycles. The molecule has 1 fully saturated rings. The summed E-state index contributed by atoms with van der Waals surface area (Å²) in [7, 11) is 0. The molecule has 1 aliphatic heterocycles. The molecule has 130 valence electrons. The minimum Gasteiger partial charge on any atom is -0.342 e. The fourth-order valence-electron chi connectivity index (χ4n) is 4.21. The van der Waals surface area contributed by atoms with Crippen molar-refractivity contribution >= 4 is 39.1 Å². The van der Waals surface area contributed by atoms with Crippen LogP contribution >= 0.6 is 27.5 Å². The van der Waals surface area contributed by atoms with Gasteiger partial charge in [0.15, 0.2) is 0 Å². The van der Waals surface area contributed by atoms with E-state index in [1.54, 1.807) is 0 Å². The van der Waals surface area contributed by atoms with Crippen LogP contribution in [0.4, 0.5) is 5.69 Å². The van der Waals surface area contributed by atoms with Crippen molar-refractivity contribution in [3.63, 3.8) is 0 Å². The van der Waals surface area contributed by atoms with E-state index in [1.165, 1.54) is 43.4 Å². The second-order valence-electron chi connectivity index (χ2n) is 7.21. The Hall–Kier alpha value is -1.32. The van der Waals surface area contributed by atoms with E-state index in [2.05, 4.69) is 45.5 Å². The van der Waals surface area contributed by atoms with E-state index in [1.807, 2.05) is 18.2 Å². The largest absolute Gasteiger partial charge is 0.342 e. The van der Waals surface area contributed by atoms with Crippen molar-refractivity contribution in [1.82, 2.24) is 0 Å². The molecule has 1 aliphatic carbocycles. The molecule has 4 rings (SSSR count). The van der Waals surface area contributed by atoms with Gasteiger partial charge in [-0.2, -0.15) is 0 Å². The second kappa shape index (κ2) is 7.13. The van der Waals surface area contributed by atoms with Gasteiger partial charge in [-0.3, -0.25) is 4.99 Å². The Kier molecular flexibility index (Phi) is 4.88. The molecule has 0 radical (unpaired) electrons. The van der Waals surface area contributed by atoms with E-state index in [9.17, 15) is 0 Å². The molecule has 2 aromatic rings. The normalized spacial score (nSPS) is 20.3. The number of amidine groups is 1. The topological polar surface area (TPSA) is 24.4 Å². The van der Waals surface area contributed by atoms with Gasteiger partial charge < -0.3 is 5.32 Å². The summed E-state index contributed by atoms with van der Waals surface area (Å²) in [5, 5.41) is 4.45. The Balaban J connectivity index is 1.69. The first-order chi connectivity index (χ1) is 12.2. The van der Waals surface area contributed by atoms with Crippen LogP contribution in [0.3, 0.4) is 0 Å². The lowest BCUT2D eigenvalue weighted by Gasteiger charge is -2.43. The van der Waals surface area contributed by atoms with Gasteiger partial charge in [-0.1, -0.05) is 55.1 Å². The maximum Gasteiger partial charge on any atom is 0.108 e. The molecule has 25 heavy (non-hydrogen) atoms. The number of nitrogens with zero attached hydrogens (tertiary/aromatic N) is 1. The van der Waals surface area contributed by atoms with Crippen LogP contribution in [0.5, 0.6) is 0 Å². The first kappa shape index (κ1) is 17.1. The highest BCUT2D eigenvalue weighted by Crippen LogP contribution is 2.46. The summed E-state index contributed by atoms with van der Waals surface area (Å²) >= 11 is 9.82. The maximum absolute atomic E-state index is 6.13. The number of halogens is 2. The number of fused-ring (bicyclic) bond motifs is 1. The highest BCUT2D eigenvalue weighted by Gasteiger charge is 2.41. The fraction of sp³-hybridized carbons (Fsp3) is 0.381. The second-order valence-corrected chi connectivity index (χ2v) is 8.50. The quantitative estimate of drug-likeness (QED) is 0.583. The zero-order valence-electron chi connectivity index (χ0n) is 14.2. The molecule has 0 atom stereocenters. The zero-order chi connectivity index (χ0) is 17.3. The molecule has 2 aliphatic rings. The Morgan fingerprint density at radius 1 is 1.08 bits per heavy atom. The van der Waals surface area contributed by atoms with Gasteiger partial charge in [0.05, 0.1) is 12.2 Å². The van der Waals surface area contributed by atoms with Crippen LogP contribution in [-0.4, -0.2) is 5.84 Å². The van der Waals surface area contributed by atoms with E-state index < -0.39 is 0 Å². The lowest BCUT2D eigenvalue weighted by Crippen LogP contribution is -2.43. The van der Waals surface area contributed by atoms with E-state index in [4.69, 9.17) is 16.6 Å². The third kappa shape index (κ3) is 3.50. The summed E-state index contributed by atoms with van der Waals surface area (Å²) in [5.74, 6) is 1.16. The molecule has 4 heteroatoms. The summed E-state index contributed by atoms with van der Waals surface area (Å²) in [5.41, 5.74) is 3.91. The predicted molar refractivity (Wildman–Crippen MR) is 110 cm³/mol. The van der Waals surface area contributed by atoms with Gasteiger partial charge >= 0.3 is 0 Å². The molecule has 2 nitrogen and oxygen atoms in total. The predicted octanol–water partition coefficient (Wildman–Crippen LogP) is 6.62. The molecule has 0 amide bonds. The molecule has 0 aromatic heterocycles. The number of hydrogen-bond donors (Lipinski definition) is 1. The summed E-state index contributed by atoms with van der Waals surface area (Å²) in [6, 6.07) is 14.5. The van der Waals surface area contributed by atoms with Gasteiger partial charge in [0, 0.05) is 14.9 Å². The fourth-order valence-corrected chi connectivity index (χ4v) is 4.93. The van der Waals surface area contributed by atoms with Crippen LogP contribution < -0.4 is 5.32 Å². The minimum atomic E-state index is 0.171. The van der Waals surface area contributed by atoms with Gasteiger partial charge in [0.2, 0.25) is 0 Å². The smallest absolute Gasteiger partial charge is 0.108 e. The van der Waals surface area contributed by atoms with Crippen molar-refractivity contribution in [3.05, 3.63) is 63.1 Å². The number of rotatable bonds is 2. The van der Waals surface area contributed by atoms with Crippen molar-refractivity contribution in [2.24, 2.45) is 10.4 Å². The highest BCUT2D eigenvalue weighted by atomic mass is 79.9. The van der Waals surface area contributed by atoms with E-state index in [0.29, 0.717) is 6.54 Å². The van der Waals surface area contributed by atoms with Crippen molar-refractivity contribution in [2.45, 2.75) is 45.1 Å². The molecule has 1 saturated carbocycles. The number of anilines is 1. The molecule has 0 unspecified atom stereocenters. The van der Waals surface area contributed by atoms with E-state index in [-0.39, 0.29) is 5.41 Å². The van der Waals surface area contributed by atoms with Crippen molar-refractivity contribution in [2.75, 3.05) is 5.32 Å². The maximum atomic E-state index is 6.13. The summed E-state index contributed by atoms with van der Waals surface area (Å²) in [4.78, 5) is 5.04. The summed E-state index contributed by atoms with van der Waals surface area (Å²) in [6.45, 7) is 0.671. The molecule has 1 heterocycles. The van der Waals surface area contributed by atoms with Crippen molar-refractivity contribution in [3.8, 4) is 0 Å². The molecule has 1 N–H and O–H groups in total. The number of aliphatic imine (C=N–C) groups is 1. The van der Waals surface area contributed by atoms with Crippen LogP contribution in [0.2, 0.25) is 5.02 Å². The van der Waals surface area contributed by atoms with Crippen molar-refractivity contribution in [1.29, 1.82) is 0 Å². The van der Waals surface area contributed by atoms with Crippen LogP contribution in [-0.2, 0) is 13.0 Å². The van der Waals surface area contributed by atoms with E-state index in [0.717, 1.165) is 27.3 Å². The molecular formula is C21H22BrClN2.